The molecule has 0 aliphatic carbocycles. The van der Waals surface area contributed by atoms with E-state index in [4.69, 9.17) is 13.3 Å². The van der Waals surface area contributed by atoms with E-state index in [1.807, 2.05) is 6.92 Å². The molecule has 1 rings (SSSR count). The van der Waals surface area contributed by atoms with Crippen molar-refractivity contribution < 1.29 is 26.4 Å². The summed E-state index contributed by atoms with van der Waals surface area (Å²) in [4.78, 5) is 0. The van der Waals surface area contributed by atoms with Crippen molar-refractivity contribution in [3.05, 3.63) is 35.1 Å². The molecule has 7 heteroatoms. The van der Waals surface area contributed by atoms with Crippen LogP contribution in [0.4, 0.5) is 13.2 Å². The maximum Gasteiger partial charge on any atom is 0.483 e. The monoisotopic (exact) mass is 322 g/mol. The van der Waals surface area contributed by atoms with Crippen LogP contribution in [-0.4, -0.2) is 29.9 Å². The summed E-state index contributed by atoms with van der Waals surface area (Å²) in [7, 11) is 1.03. The molecule has 1 unspecified atom stereocenters. The van der Waals surface area contributed by atoms with Crippen molar-refractivity contribution in [3.63, 3.8) is 0 Å². The van der Waals surface area contributed by atoms with Gasteiger partial charge in [0.25, 0.3) is 0 Å². The van der Waals surface area contributed by atoms with Gasteiger partial charge in [0, 0.05) is 38.0 Å². The Morgan fingerprint density at radius 3 is 2.14 bits per heavy atom. The molecule has 0 bridgehead atoms. The van der Waals surface area contributed by atoms with Gasteiger partial charge >= 0.3 is 9.53 Å². The summed E-state index contributed by atoms with van der Waals surface area (Å²) in [5.74, 6) is -2.56. The Morgan fingerprint density at radius 2 is 1.62 bits per heavy atom. The maximum atomic E-state index is 13.4. The van der Waals surface area contributed by atoms with Gasteiger partial charge in [-0.3, -0.25) is 0 Å². The largest absolute Gasteiger partial charge is 0.483 e. The highest BCUT2D eigenvalue weighted by atomic mass is 28.3. The SMILES string of the molecule is CO[SiH](OC)OC(C)CCCCc1c(F)cc(F)cc1F. The summed E-state index contributed by atoms with van der Waals surface area (Å²) in [5, 5.41) is 0. The Balaban J connectivity index is 2.34. The zero-order valence-corrected chi connectivity index (χ0v) is 13.7. The van der Waals surface area contributed by atoms with E-state index >= 15 is 0 Å². The minimum absolute atomic E-state index is 0.0375. The molecule has 120 valence electrons. The predicted molar refractivity (Wildman–Crippen MR) is 75.6 cm³/mol. The smallest absolute Gasteiger partial charge is 0.379 e. The van der Waals surface area contributed by atoms with Crippen LogP contribution in [0.3, 0.4) is 0 Å². The zero-order chi connectivity index (χ0) is 15.8. The molecule has 0 aromatic heterocycles. The summed E-state index contributed by atoms with van der Waals surface area (Å²) < 4.78 is 55.3. The summed E-state index contributed by atoms with van der Waals surface area (Å²) >= 11 is 0. The summed E-state index contributed by atoms with van der Waals surface area (Å²) in [6, 6.07) is 1.41. The van der Waals surface area contributed by atoms with Crippen molar-refractivity contribution in [2.45, 2.75) is 38.7 Å². The molecule has 0 fully saturated rings. The van der Waals surface area contributed by atoms with E-state index in [1.165, 1.54) is 14.2 Å². The van der Waals surface area contributed by atoms with E-state index in [2.05, 4.69) is 0 Å². The van der Waals surface area contributed by atoms with Crippen LogP contribution < -0.4 is 0 Å². The van der Waals surface area contributed by atoms with Gasteiger partial charge in [-0.2, -0.15) is 0 Å². The molecule has 0 saturated heterocycles. The van der Waals surface area contributed by atoms with Crippen molar-refractivity contribution in [2.24, 2.45) is 0 Å². The van der Waals surface area contributed by atoms with Crippen LogP contribution in [0.15, 0.2) is 12.1 Å². The third-order valence-corrected chi connectivity index (χ3v) is 4.58. The first-order valence-electron chi connectivity index (χ1n) is 6.82. The number of rotatable bonds is 9. The summed E-state index contributed by atoms with van der Waals surface area (Å²) in [6.07, 6.45) is 2.27. The molecule has 1 atom stereocenters. The molecule has 0 N–H and O–H groups in total. The highest BCUT2D eigenvalue weighted by Crippen LogP contribution is 2.18. The van der Waals surface area contributed by atoms with Crippen molar-refractivity contribution in [1.82, 2.24) is 0 Å². The van der Waals surface area contributed by atoms with E-state index in [1.54, 1.807) is 0 Å². The maximum absolute atomic E-state index is 13.4. The molecular weight excluding hydrogens is 301 g/mol. The van der Waals surface area contributed by atoms with E-state index in [0.717, 1.165) is 12.8 Å². The van der Waals surface area contributed by atoms with Gasteiger partial charge in [0.2, 0.25) is 0 Å². The third-order valence-electron chi connectivity index (χ3n) is 3.12. The van der Waals surface area contributed by atoms with Crippen molar-refractivity contribution in [1.29, 1.82) is 0 Å². The molecule has 3 nitrogen and oxygen atoms in total. The molecule has 0 radical (unpaired) electrons. The van der Waals surface area contributed by atoms with Crippen molar-refractivity contribution >= 4 is 9.53 Å². The minimum atomic E-state index is -2.04. The fourth-order valence-electron chi connectivity index (χ4n) is 2.01. The lowest BCUT2D eigenvalue weighted by Crippen LogP contribution is -2.28. The molecule has 1 aromatic carbocycles. The molecule has 0 saturated carbocycles. The van der Waals surface area contributed by atoms with Crippen LogP contribution in [0.25, 0.3) is 0 Å². The van der Waals surface area contributed by atoms with Gasteiger partial charge in [0.05, 0.1) is 0 Å². The lowest BCUT2D eigenvalue weighted by atomic mass is 10.0. The fourth-order valence-corrected chi connectivity index (χ4v) is 2.94. The highest BCUT2D eigenvalue weighted by molar-refractivity contribution is 6.36. The van der Waals surface area contributed by atoms with Crippen LogP contribution in [0.2, 0.25) is 0 Å². The molecule has 0 amide bonds. The lowest BCUT2D eigenvalue weighted by Gasteiger charge is -2.17. The van der Waals surface area contributed by atoms with Crippen LogP contribution in [-0.2, 0) is 19.7 Å². The Hall–Kier alpha value is -0.893. The molecule has 0 aliphatic heterocycles. The molecule has 1 aromatic rings. The van der Waals surface area contributed by atoms with Gasteiger partial charge in [-0.15, -0.1) is 0 Å². The minimum Gasteiger partial charge on any atom is -0.379 e. The third kappa shape index (κ3) is 6.17. The summed E-state index contributed by atoms with van der Waals surface area (Å²) in [6.45, 7) is 1.90. The molecule has 0 spiro atoms. The molecule has 21 heavy (non-hydrogen) atoms. The molecule has 0 aliphatic rings. The average molecular weight is 322 g/mol. The number of hydrogen-bond acceptors (Lipinski definition) is 3. The quantitative estimate of drug-likeness (QED) is 0.516. The average Bonchev–Trinajstić information content (AvgIpc) is 2.42. The predicted octanol–water partition coefficient (Wildman–Crippen LogP) is 3.23. The van der Waals surface area contributed by atoms with Gasteiger partial charge in [0.15, 0.2) is 0 Å². The van der Waals surface area contributed by atoms with Gasteiger partial charge in [0.1, 0.15) is 17.5 Å². The van der Waals surface area contributed by atoms with Crippen molar-refractivity contribution in [3.8, 4) is 0 Å². The number of unbranched alkanes of at least 4 members (excludes halogenated alkanes) is 1. The second-order valence-corrected chi connectivity index (χ2v) is 6.59. The van der Waals surface area contributed by atoms with Crippen LogP contribution in [0.5, 0.6) is 0 Å². The van der Waals surface area contributed by atoms with E-state index < -0.39 is 27.0 Å². The van der Waals surface area contributed by atoms with Gasteiger partial charge < -0.3 is 13.3 Å². The zero-order valence-electron chi connectivity index (χ0n) is 12.5. The van der Waals surface area contributed by atoms with Crippen LogP contribution in [0, 0.1) is 17.5 Å². The van der Waals surface area contributed by atoms with Gasteiger partial charge in [-0.1, -0.05) is 6.42 Å². The second kappa shape index (κ2) is 9.19. The highest BCUT2D eigenvalue weighted by Gasteiger charge is 2.16. The van der Waals surface area contributed by atoms with Crippen LogP contribution >= 0.6 is 0 Å². The van der Waals surface area contributed by atoms with Crippen LogP contribution in [0.1, 0.15) is 31.7 Å². The number of hydrogen-bond donors (Lipinski definition) is 0. The lowest BCUT2D eigenvalue weighted by molar-refractivity contribution is 0.0893. The Morgan fingerprint density at radius 1 is 1.05 bits per heavy atom. The van der Waals surface area contributed by atoms with Crippen molar-refractivity contribution in [2.75, 3.05) is 14.2 Å². The first-order chi connectivity index (χ1) is 9.97. The fraction of sp³-hybridized carbons (Fsp3) is 0.571. The normalized spacial score (nSPS) is 12.9. The van der Waals surface area contributed by atoms with E-state index in [-0.39, 0.29) is 18.1 Å². The first-order valence-corrected chi connectivity index (χ1v) is 8.23. The second-order valence-electron chi connectivity index (χ2n) is 4.80. The van der Waals surface area contributed by atoms with Gasteiger partial charge in [-0.05, 0) is 26.2 Å². The summed E-state index contributed by atoms with van der Waals surface area (Å²) in [5.41, 5.74) is -0.0639. The Labute approximate surface area is 125 Å². The van der Waals surface area contributed by atoms with E-state index in [0.29, 0.717) is 18.6 Å². The Kier molecular flexibility index (Phi) is 7.95. The van der Waals surface area contributed by atoms with E-state index in [9.17, 15) is 13.2 Å². The standard InChI is InChI=1S/C14H21F3O3Si/c1-10(20-21(18-2)19-3)6-4-5-7-12-13(16)8-11(15)9-14(12)17/h8-10,21H,4-7H2,1-3H3. The first kappa shape index (κ1) is 18.2. The van der Waals surface area contributed by atoms with Gasteiger partial charge in [-0.25, -0.2) is 13.2 Å². The number of benzene rings is 1. The molecular formula is C14H21F3O3Si. The molecule has 0 heterocycles. The topological polar surface area (TPSA) is 27.7 Å². The Bertz CT molecular complexity index is 418. The number of halogens is 3.